The molecule has 0 bridgehead atoms. The highest BCUT2D eigenvalue weighted by molar-refractivity contribution is 9.10. The van der Waals surface area contributed by atoms with Crippen molar-refractivity contribution in [2.75, 3.05) is 0 Å². The average molecular weight is 198 g/mol. The molecule has 0 aliphatic heterocycles. The first-order chi connectivity index (χ1) is 4.88. The van der Waals surface area contributed by atoms with E-state index >= 15 is 0 Å². The molecule has 0 aliphatic rings. The zero-order chi connectivity index (χ0) is 6.97. The van der Waals surface area contributed by atoms with E-state index in [9.17, 15) is 0 Å². The highest BCUT2D eigenvalue weighted by Crippen LogP contribution is 2.19. The van der Waals surface area contributed by atoms with E-state index in [-0.39, 0.29) is 0 Å². The van der Waals surface area contributed by atoms with Gasteiger partial charge in [0.2, 0.25) is 0 Å². The first-order valence-electron chi connectivity index (χ1n) is 2.82. The molecule has 0 atom stereocenters. The molecule has 0 aliphatic carbocycles. The van der Waals surface area contributed by atoms with Crippen LogP contribution in [0.4, 0.5) is 0 Å². The number of hydrogen-bond donors (Lipinski definition) is 1. The Hall–Kier alpha value is -0.900. The van der Waals surface area contributed by atoms with Crippen molar-refractivity contribution in [3.63, 3.8) is 0 Å². The van der Waals surface area contributed by atoms with Gasteiger partial charge in [0.25, 0.3) is 0 Å². The van der Waals surface area contributed by atoms with E-state index in [0.29, 0.717) is 0 Å². The summed E-state index contributed by atoms with van der Waals surface area (Å²) in [5, 5.41) is 8.66. The Balaban J connectivity index is 2.93. The molecule has 2 aromatic rings. The maximum atomic E-state index is 3.87. The summed E-state index contributed by atoms with van der Waals surface area (Å²) < 4.78 is 1.03. The summed E-state index contributed by atoms with van der Waals surface area (Å²) in [6, 6.07) is 1.91. The first kappa shape index (κ1) is 5.85. The Morgan fingerprint density at radius 3 is 3.20 bits per heavy atom. The molecule has 2 rings (SSSR count). The van der Waals surface area contributed by atoms with Gasteiger partial charge in [0, 0.05) is 16.1 Å². The second kappa shape index (κ2) is 2.05. The molecule has 0 unspecified atom stereocenters. The zero-order valence-corrected chi connectivity index (χ0v) is 6.59. The lowest BCUT2D eigenvalue weighted by atomic mass is 10.4. The summed E-state index contributed by atoms with van der Waals surface area (Å²) in [4.78, 5) is 2.97. The average Bonchev–Trinajstić information content (AvgIpc) is 2.34. The molecular weight excluding hydrogens is 194 g/mol. The van der Waals surface area contributed by atoms with Crippen LogP contribution in [-0.2, 0) is 0 Å². The van der Waals surface area contributed by atoms with E-state index in [1.165, 1.54) is 0 Å². The summed E-state index contributed by atoms with van der Waals surface area (Å²) in [5.74, 6) is 0. The summed E-state index contributed by atoms with van der Waals surface area (Å²) in [6.07, 6.45) is 3.51. The van der Waals surface area contributed by atoms with Gasteiger partial charge in [-0.2, -0.15) is 5.10 Å². The second-order valence-corrected chi connectivity index (χ2v) is 2.78. The van der Waals surface area contributed by atoms with E-state index in [1.54, 1.807) is 6.20 Å². The molecular formula is C6H4BrN3. The number of H-pyrrole nitrogens is 1. The van der Waals surface area contributed by atoms with Crippen molar-refractivity contribution in [1.29, 1.82) is 0 Å². The molecule has 0 saturated heterocycles. The molecule has 2 heterocycles. The molecule has 1 N–H and O–H groups in total. The van der Waals surface area contributed by atoms with E-state index in [2.05, 4.69) is 31.1 Å². The molecule has 3 nitrogen and oxygen atoms in total. The Morgan fingerprint density at radius 1 is 1.50 bits per heavy atom. The van der Waals surface area contributed by atoms with Gasteiger partial charge in [-0.1, -0.05) is 0 Å². The van der Waals surface area contributed by atoms with Gasteiger partial charge in [-0.15, -0.1) is 5.10 Å². The van der Waals surface area contributed by atoms with Crippen LogP contribution in [0.25, 0.3) is 11.0 Å². The van der Waals surface area contributed by atoms with Gasteiger partial charge < -0.3 is 4.98 Å². The number of rotatable bonds is 0. The number of hydrogen-bond acceptors (Lipinski definition) is 2. The van der Waals surface area contributed by atoms with Gasteiger partial charge in [-0.05, 0) is 22.0 Å². The van der Waals surface area contributed by atoms with Crippen LogP contribution in [0.2, 0.25) is 0 Å². The third kappa shape index (κ3) is 0.724. The van der Waals surface area contributed by atoms with Gasteiger partial charge in [-0.3, -0.25) is 0 Å². The molecule has 0 radical (unpaired) electrons. The topological polar surface area (TPSA) is 41.6 Å². The number of nitrogens with zero attached hydrogens (tertiary/aromatic N) is 2. The van der Waals surface area contributed by atoms with E-state index < -0.39 is 0 Å². The molecule has 0 spiro atoms. The largest absolute Gasteiger partial charge is 0.343 e. The number of aromatic amines is 1. The molecule has 0 fully saturated rings. The fourth-order valence-electron chi connectivity index (χ4n) is 0.841. The van der Waals surface area contributed by atoms with Crippen molar-refractivity contribution in [3.05, 3.63) is 22.9 Å². The van der Waals surface area contributed by atoms with Crippen molar-refractivity contribution in [2.24, 2.45) is 0 Å². The summed E-state index contributed by atoms with van der Waals surface area (Å²) in [7, 11) is 0. The van der Waals surface area contributed by atoms with Crippen LogP contribution in [0.1, 0.15) is 0 Å². The molecule has 0 aromatic carbocycles. The number of nitrogens with one attached hydrogen (secondary N) is 1. The van der Waals surface area contributed by atoms with Crippen LogP contribution in [0.5, 0.6) is 0 Å². The lowest BCUT2D eigenvalue weighted by molar-refractivity contribution is 1.06. The molecule has 0 saturated carbocycles. The number of aromatic nitrogens is 3. The second-order valence-electron chi connectivity index (χ2n) is 1.93. The van der Waals surface area contributed by atoms with E-state index in [1.807, 2.05) is 12.3 Å². The zero-order valence-electron chi connectivity index (χ0n) is 5.00. The van der Waals surface area contributed by atoms with Crippen LogP contribution in [0, 0.1) is 0 Å². The van der Waals surface area contributed by atoms with Crippen molar-refractivity contribution in [3.8, 4) is 0 Å². The number of fused-ring (bicyclic) bond motifs is 1. The quantitative estimate of drug-likeness (QED) is 0.700. The van der Waals surface area contributed by atoms with Crippen molar-refractivity contribution in [1.82, 2.24) is 15.2 Å². The van der Waals surface area contributed by atoms with E-state index in [0.717, 1.165) is 15.5 Å². The minimum atomic E-state index is 0.814. The highest BCUT2D eigenvalue weighted by atomic mass is 79.9. The summed E-state index contributed by atoms with van der Waals surface area (Å²) in [5.41, 5.74) is 0.814. The fraction of sp³-hybridized carbons (Fsp3) is 0. The van der Waals surface area contributed by atoms with Crippen LogP contribution < -0.4 is 0 Å². The molecule has 4 heteroatoms. The predicted octanol–water partition coefficient (Wildman–Crippen LogP) is 1.72. The standard InChI is InChI=1S/C6H4BrN3/c7-5-3-8-6-4(5)1-2-9-10-6/h1-3H,(H,8,10). The van der Waals surface area contributed by atoms with Crippen LogP contribution >= 0.6 is 15.9 Å². The SMILES string of the molecule is Brc1c[nH]c2nnccc12. The maximum Gasteiger partial charge on any atom is 0.161 e. The van der Waals surface area contributed by atoms with Gasteiger partial charge >= 0.3 is 0 Å². The lowest BCUT2D eigenvalue weighted by Gasteiger charge is -1.83. The molecule has 50 valence electrons. The third-order valence-electron chi connectivity index (χ3n) is 1.31. The molecule has 2 aromatic heterocycles. The molecule has 0 amide bonds. The van der Waals surface area contributed by atoms with Crippen LogP contribution in [0.3, 0.4) is 0 Å². The van der Waals surface area contributed by atoms with E-state index in [4.69, 9.17) is 0 Å². The molecule has 10 heavy (non-hydrogen) atoms. The van der Waals surface area contributed by atoms with Gasteiger partial charge in [-0.25, -0.2) is 0 Å². The van der Waals surface area contributed by atoms with Gasteiger partial charge in [0.15, 0.2) is 5.65 Å². The summed E-state index contributed by atoms with van der Waals surface area (Å²) >= 11 is 3.37. The van der Waals surface area contributed by atoms with Crippen LogP contribution in [-0.4, -0.2) is 15.2 Å². The Labute approximate surface area is 65.6 Å². The number of halogens is 1. The van der Waals surface area contributed by atoms with Crippen molar-refractivity contribution < 1.29 is 0 Å². The van der Waals surface area contributed by atoms with Gasteiger partial charge in [0.1, 0.15) is 0 Å². The summed E-state index contributed by atoms with van der Waals surface area (Å²) in [6.45, 7) is 0. The Bertz CT molecular complexity index is 355. The monoisotopic (exact) mass is 197 g/mol. The van der Waals surface area contributed by atoms with Gasteiger partial charge in [0.05, 0.1) is 6.20 Å². The lowest BCUT2D eigenvalue weighted by Crippen LogP contribution is -1.78. The van der Waals surface area contributed by atoms with Crippen molar-refractivity contribution >= 4 is 27.0 Å². The predicted molar refractivity (Wildman–Crippen MR) is 41.6 cm³/mol. The smallest absolute Gasteiger partial charge is 0.161 e. The fourth-order valence-corrected chi connectivity index (χ4v) is 1.27. The minimum Gasteiger partial charge on any atom is -0.343 e. The first-order valence-corrected chi connectivity index (χ1v) is 3.61. The highest BCUT2D eigenvalue weighted by Gasteiger charge is 1.98. The third-order valence-corrected chi connectivity index (χ3v) is 1.97. The maximum absolute atomic E-state index is 3.87. The normalized spacial score (nSPS) is 10.5. The Morgan fingerprint density at radius 2 is 2.40 bits per heavy atom. The Kier molecular flexibility index (Phi) is 1.20. The van der Waals surface area contributed by atoms with Crippen LogP contribution in [0.15, 0.2) is 22.9 Å². The van der Waals surface area contributed by atoms with Crippen molar-refractivity contribution in [2.45, 2.75) is 0 Å². The minimum absolute atomic E-state index is 0.814.